The Morgan fingerprint density at radius 1 is 1.06 bits per heavy atom. The Bertz CT molecular complexity index is 982. The number of anilines is 1. The van der Waals surface area contributed by atoms with Crippen molar-refractivity contribution in [2.45, 2.75) is 25.6 Å². The molecule has 2 heterocycles. The van der Waals surface area contributed by atoms with Gasteiger partial charge in [-0.25, -0.2) is 4.98 Å². The average Bonchev–Trinajstić information content (AvgIpc) is 2.78. The molecule has 6 nitrogen and oxygen atoms in total. The number of hydrogen-bond donors (Lipinski definition) is 0. The van der Waals surface area contributed by atoms with Crippen LogP contribution in [-0.4, -0.2) is 41.6 Å². The third-order valence-electron chi connectivity index (χ3n) is 5.18. The van der Waals surface area contributed by atoms with E-state index in [0.717, 1.165) is 4.90 Å². The van der Waals surface area contributed by atoms with E-state index in [1.54, 1.807) is 24.3 Å². The van der Waals surface area contributed by atoms with Gasteiger partial charge in [0.1, 0.15) is 18.4 Å². The molecule has 1 aliphatic rings. The van der Waals surface area contributed by atoms with E-state index >= 15 is 0 Å². The van der Waals surface area contributed by atoms with Gasteiger partial charge in [-0.05, 0) is 42.7 Å². The van der Waals surface area contributed by atoms with Crippen molar-refractivity contribution in [3.05, 3.63) is 59.3 Å². The molecule has 1 aromatic heterocycles. The zero-order valence-corrected chi connectivity index (χ0v) is 16.6. The number of nitrogens with zero attached hydrogens (tertiary/aromatic N) is 5. The molecule has 0 N–H and O–H groups in total. The van der Waals surface area contributed by atoms with Gasteiger partial charge in [0, 0.05) is 31.7 Å². The predicted molar refractivity (Wildman–Crippen MR) is 107 cm³/mol. The quantitative estimate of drug-likeness (QED) is 0.728. The minimum atomic E-state index is -4.50. The van der Waals surface area contributed by atoms with Crippen molar-refractivity contribution in [3.8, 4) is 12.1 Å². The van der Waals surface area contributed by atoms with Gasteiger partial charge in [0.15, 0.2) is 0 Å². The lowest BCUT2D eigenvalue weighted by Gasteiger charge is -2.35. The monoisotopic (exact) mass is 427 g/mol. The number of nitriles is 2. The highest BCUT2D eigenvalue weighted by molar-refractivity contribution is 5.79. The molecule has 1 fully saturated rings. The number of carbonyl (C=O) groups is 1. The summed E-state index contributed by atoms with van der Waals surface area (Å²) >= 11 is 0. The molecule has 0 saturated carbocycles. The second kappa shape index (κ2) is 9.48. The van der Waals surface area contributed by atoms with Crippen LogP contribution >= 0.6 is 0 Å². The number of aromatic nitrogens is 1. The highest BCUT2D eigenvalue weighted by atomic mass is 19.4. The maximum absolute atomic E-state index is 13.1. The van der Waals surface area contributed by atoms with Crippen molar-refractivity contribution in [2.24, 2.45) is 5.92 Å². The van der Waals surface area contributed by atoms with E-state index in [1.165, 1.54) is 18.3 Å². The summed E-state index contributed by atoms with van der Waals surface area (Å²) in [6.07, 6.45) is -2.20. The Kier molecular flexibility index (Phi) is 6.76. The molecule has 0 atom stereocenters. The Labute approximate surface area is 178 Å². The fourth-order valence-electron chi connectivity index (χ4n) is 3.59. The molecule has 160 valence electrons. The van der Waals surface area contributed by atoms with Gasteiger partial charge >= 0.3 is 6.18 Å². The Morgan fingerprint density at radius 3 is 2.19 bits per heavy atom. The lowest BCUT2D eigenvalue weighted by Crippen LogP contribution is -2.45. The van der Waals surface area contributed by atoms with E-state index in [0.29, 0.717) is 48.4 Å². The van der Waals surface area contributed by atoms with Crippen molar-refractivity contribution in [1.29, 1.82) is 10.5 Å². The maximum atomic E-state index is 13.1. The Balaban J connectivity index is 1.66. The van der Waals surface area contributed by atoms with E-state index in [2.05, 4.69) is 4.98 Å². The molecule has 2 aromatic rings. The number of rotatable bonds is 5. The third kappa shape index (κ3) is 5.95. The van der Waals surface area contributed by atoms with Gasteiger partial charge in [-0.3, -0.25) is 4.79 Å². The minimum absolute atomic E-state index is 0.165. The summed E-state index contributed by atoms with van der Waals surface area (Å²) in [4.78, 5) is 20.0. The van der Waals surface area contributed by atoms with Crippen molar-refractivity contribution in [3.63, 3.8) is 0 Å². The first-order chi connectivity index (χ1) is 14.8. The Hall–Kier alpha value is -3.59. The largest absolute Gasteiger partial charge is 0.406 e. The summed E-state index contributed by atoms with van der Waals surface area (Å²) in [5, 5.41) is 17.7. The molecule has 0 spiro atoms. The van der Waals surface area contributed by atoms with Crippen LogP contribution in [0.5, 0.6) is 0 Å². The number of amides is 1. The normalized spacial score (nSPS) is 14.5. The summed E-state index contributed by atoms with van der Waals surface area (Å²) in [5.74, 6) is -0.348. The zero-order valence-electron chi connectivity index (χ0n) is 16.6. The summed E-state index contributed by atoms with van der Waals surface area (Å²) in [6, 6.07) is 13.5. The van der Waals surface area contributed by atoms with Gasteiger partial charge in [-0.15, -0.1) is 0 Å². The van der Waals surface area contributed by atoms with Crippen LogP contribution < -0.4 is 4.90 Å². The molecule has 1 aromatic carbocycles. The van der Waals surface area contributed by atoms with E-state index < -0.39 is 24.5 Å². The van der Waals surface area contributed by atoms with Gasteiger partial charge in [-0.1, -0.05) is 12.1 Å². The molecule has 0 bridgehead atoms. The number of benzene rings is 1. The second-order valence-corrected chi connectivity index (χ2v) is 7.40. The second-order valence-electron chi connectivity index (χ2n) is 7.40. The summed E-state index contributed by atoms with van der Waals surface area (Å²) in [5.41, 5.74) is 1.39. The third-order valence-corrected chi connectivity index (χ3v) is 5.18. The number of hydrogen-bond acceptors (Lipinski definition) is 5. The first-order valence-electron chi connectivity index (χ1n) is 9.75. The van der Waals surface area contributed by atoms with Crippen molar-refractivity contribution < 1.29 is 18.0 Å². The zero-order chi connectivity index (χ0) is 22.4. The number of halogens is 3. The van der Waals surface area contributed by atoms with Crippen LogP contribution in [0, 0.1) is 28.6 Å². The molecule has 1 amide bonds. The van der Waals surface area contributed by atoms with Crippen LogP contribution in [0.25, 0.3) is 0 Å². The predicted octanol–water partition coefficient (Wildman–Crippen LogP) is 3.63. The first-order valence-corrected chi connectivity index (χ1v) is 9.75. The standard InChI is InChI=1S/C22H20F3N5O/c23-22(24,25)15-30(14-17-3-1-16(11-26)2-4-17)21(31)19-7-9-29(10-8-19)20-6-5-18(12-27)13-28-20/h1-6,13,19H,7-10,14-15H2. The molecule has 1 aliphatic heterocycles. The number of carbonyl (C=O) groups excluding carboxylic acids is 1. The molecule has 0 aliphatic carbocycles. The Morgan fingerprint density at radius 2 is 1.68 bits per heavy atom. The number of piperidine rings is 1. The van der Waals surface area contributed by atoms with Gasteiger partial charge < -0.3 is 9.80 Å². The van der Waals surface area contributed by atoms with E-state index in [1.807, 2.05) is 17.0 Å². The highest BCUT2D eigenvalue weighted by Crippen LogP contribution is 2.26. The SMILES string of the molecule is N#Cc1ccc(CN(CC(F)(F)F)C(=O)C2CCN(c3ccc(C#N)cn3)CC2)cc1. The van der Waals surface area contributed by atoms with E-state index in [-0.39, 0.29) is 6.54 Å². The van der Waals surface area contributed by atoms with E-state index in [9.17, 15) is 18.0 Å². The van der Waals surface area contributed by atoms with Crippen LogP contribution in [0.1, 0.15) is 29.5 Å². The summed E-state index contributed by atoms with van der Waals surface area (Å²) in [7, 11) is 0. The molecule has 9 heteroatoms. The minimum Gasteiger partial charge on any atom is -0.357 e. The van der Waals surface area contributed by atoms with Crippen LogP contribution in [-0.2, 0) is 11.3 Å². The van der Waals surface area contributed by atoms with Gasteiger partial charge in [0.05, 0.1) is 17.2 Å². The van der Waals surface area contributed by atoms with Crippen LogP contribution in [0.3, 0.4) is 0 Å². The maximum Gasteiger partial charge on any atom is 0.406 e. The van der Waals surface area contributed by atoms with Crippen molar-refractivity contribution >= 4 is 11.7 Å². The number of pyridine rings is 1. The molecule has 31 heavy (non-hydrogen) atoms. The summed E-state index contributed by atoms with van der Waals surface area (Å²) < 4.78 is 39.4. The smallest absolute Gasteiger partial charge is 0.357 e. The van der Waals surface area contributed by atoms with Gasteiger partial charge in [0.25, 0.3) is 0 Å². The van der Waals surface area contributed by atoms with Crippen molar-refractivity contribution in [2.75, 3.05) is 24.5 Å². The van der Waals surface area contributed by atoms with Crippen LogP contribution in [0.2, 0.25) is 0 Å². The molecular weight excluding hydrogens is 407 g/mol. The molecule has 0 radical (unpaired) electrons. The van der Waals surface area contributed by atoms with Gasteiger partial charge in [-0.2, -0.15) is 23.7 Å². The lowest BCUT2D eigenvalue weighted by molar-refractivity contribution is -0.165. The van der Waals surface area contributed by atoms with Crippen LogP contribution in [0.4, 0.5) is 19.0 Å². The molecule has 3 rings (SSSR count). The van der Waals surface area contributed by atoms with E-state index in [4.69, 9.17) is 10.5 Å². The summed E-state index contributed by atoms with van der Waals surface area (Å²) in [6.45, 7) is -0.497. The molecule has 1 saturated heterocycles. The lowest BCUT2D eigenvalue weighted by atomic mass is 9.95. The van der Waals surface area contributed by atoms with Crippen LogP contribution in [0.15, 0.2) is 42.6 Å². The first kappa shape index (κ1) is 22.1. The average molecular weight is 427 g/mol. The topological polar surface area (TPSA) is 84.0 Å². The highest BCUT2D eigenvalue weighted by Gasteiger charge is 2.36. The molecular formula is C22H20F3N5O. The fraction of sp³-hybridized carbons (Fsp3) is 0.364. The van der Waals surface area contributed by atoms with Gasteiger partial charge in [0.2, 0.25) is 5.91 Å². The molecule has 0 unspecified atom stereocenters. The van der Waals surface area contributed by atoms with Crippen molar-refractivity contribution in [1.82, 2.24) is 9.88 Å². The fourth-order valence-corrected chi connectivity index (χ4v) is 3.59. The number of alkyl halides is 3.